The van der Waals surface area contributed by atoms with Crippen molar-refractivity contribution in [3.05, 3.63) is 120 Å². The van der Waals surface area contributed by atoms with Gasteiger partial charge in [-0.05, 0) is 47.5 Å². The molecule has 4 aromatic rings. The Labute approximate surface area is 248 Å². The van der Waals surface area contributed by atoms with Crippen molar-refractivity contribution in [3.8, 4) is 11.5 Å². The minimum absolute atomic E-state index is 0.0756. The average molecular weight is 587 g/mol. The maximum atomic E-state index is 12.7. The van der Waals surface area contributed by atoms with Gasteiger partial charge < -0.3 is 18.9 Å². The topological polar surface area (TPSA) is 71.1 Å². The van der Waals surface area contributed by atoms with Crippen LogP contribution in [-0.4, -0.2) is 25.3 Å². The molecule has 6 nitrogen and oxygen atoms in total. The van der Waals surface area contributed by atoms with Crippen molar-refractivity contribution in [2.24, 2.45) is 5.92 Å². The van der Waals surface area contributed by atoms with Crippen LogP contribution < -0.4 is 9.47 Å². The maximum Gasteiger partial charge on any atom is 0.309 e. The van der Waals surface area contributed by atoms with Crippen LogP contribution in [0.2, 0.25) is 0 Å². The largest absolute Gasteiger partial charge is 0.493 e. The zero-order valence-corrected chi connectivity index (χ0v) is 24.4. The Balaban J connectivity index is 1.63. The Hall–Kier alpha value is -3.88. The number of ether oxygens (including phenoxy) is 4. The van der Waals surface area contributed by atoms with Crippen LogP contribution in [0.1, 0.15) is 24.5 Å². The number of thioether (sulfide) groups is 2. The lowest BCUT2D eigenvalue weighted by atomic mass is 9.95. The van der Waals surface area contributed by atoms with Gasteiger partial charge in [0.25, 0.3) is 6.29 Å². The lowest BCUT2D eigenvalue weighted by molar-refractivity contribution is -0.180. The van der Waals surface area contributed by atoms with Gasteiger partial charge in [-0.1, -0.05) is 72.8 Å². The molecule has 1 aliphatic heterocycles. The second kappa shape index (κ2) is 13.2. The molecular formula is C33H30O6S2. The zero-order valence-electron chi connectivity index (χ0n) is 22.7. The maximum absolute atomic E-state index is 12.7. The molecule has 0 saturated carbocycles. The molecule has 41 heavy (non-hydrogen) atoms. The van der Waals surface area contributed by atoms with Crippen molar-refractivity contribution in [2.75, 3.05) is 7.11 Å². The summed E-state index contributed by atoms with van der Waals surface area (Å²) in [6.45, 7) is 1.71. The number of esters is 2. The zero-order chi connectivity index (χ0) is 28.7. The van der Waals surface area contributed by atoms with Crippen molar-refractivity contribution in [3.63, 3.8) is 0 Å². The van der Waals surface area contributed by atoms with Crippen LogP contribution in [0.3, 0.4) is 0 Å². The number of hydrogen-bond acceptors (Lipinski definition) is 8. The van der Waals surface area contributed by atoms with Gasteiger partial charge in [-0.25, -0.2) is 0 Å². The van der Waals surface area contributed by atoms with Crippen molar-refractivity contribution in [1.82, 2.24) is 0 Å². The van der Waals surface area contributed by atoms with Gasteiger partial charge in [0.1, 0.15) is 10.7 Å². The Morgan fingerprint density at radius 1 is 0.854 bits per heavy atom. The van der Waals surface area contributed by atoms with E-state index in [2.05, 4.69) is 0 Å². The van der Waals surface area contributed by atoms with E-state index in [-0.39, 0.29) is 6.42 Å². The predicted molar refractivity (Wildman–Crippen MR) is 160 cm³/mol. The lowest BCUT2D eigenvalue weighted by Gasteiger charge is -2.39. The van der Waals surface area contributed by atoms with Crippen LogP contribution in [0.25, 0.3) is 0 Å². The van der Waals surface area contributed by atoms with Crippen molar-refractivity contribution < 1.29 is 28.5 Å². The summed E-state index contributed by atoms with van der Waals surface area (Å²) in [4.78, 5) is 26.8. The van der Waals surface area contributed by atoms with Gasteiger partial charge in [-0.2, -0.15) is 0 Å². The summed E-state index contributed by atoms with van der Waals surface area (Å²) in [5.74, 6) is -0.295. The third-order valence-corrected chi connectivity index (χ3v) is 9.76. The van der Waals surface area contributed by atoms with Gasteiger partial charge in [0, 0.05) is 16.7 Å². The first-order valence-electron chi connectivity index (χ1n) is 13.2. The molecule has 4 aromatic carbocycles. The molecule has 0 aromatic heterocycles. The van der Waals surface area contributed by atoms with Crippen LogP contribution in [0.4, 0.5) is 0 Å². The minimum Gasteiger partial charge on any atom is -0.493 e. The molecule has 0 unspecified atom stereocenters. The Morgan fingerprint density at radius 3 is 2.00 bits per heavy atom. The molecule has 0 aliphatic carbocycles. The average Bonchev–Trinajstić information content (AvgIpc) is 3.36. The van der Waals surface area contributed by atoms with Gasteiger partial charge in [0.2, 0.25) is 0 Å². The van der Waals surface area contributed by atoms with Crippen molar-refractivity contribution >= 4 is 35.5 Å². The van der Waals surface area contributed by atoms with Crippen LogP contribution in [0.5, 0.6) is 11.5 Å². The minimum atomic E-state index is -1.05. The molecule has 2 atom stereocenters. The quantitative estimate of drug-likeness (QED) is 0.102. The summed E-state index contributed by atoms with van der Waals surface area (Å²) < 4.78 is 22.3. The molecular weight excluding hydrogens is 556 g/mol. The first kappa shape index (κ1) is 28.6. The molecule has 1 fully saturated rings. The standard InChI is InChI=1S/C33H30O6S2/c1-23(34)38-32-28(21-31(35)39-32)33(40-26-14-8-4-9-15-26,41-27-16-10-5-11-17-27)25-18-19-29(30(20-25)36-2)37-22-24-12-6-3-7-13-24/h3-20,28,32H,21-22H2,1-2H3/t28-,32-/m1/s1. The van der Waals surface area contributed by atoms with Gasteiger partial charge in [-0.15, -0.1) is 23.5 Å². The smallest absolute Gasteiger partial charge is 0.309 e. The molecule has 0 spiro atoms. The molecule has 0 radical (unpaired) electrons. The molecule has 1 saturated heterocycles. The van der Waals surface area contributed by atoms with Crippen molar-refractivity contribution in [1.29, 1.82) is 0 Å². The fourth-order valence-corrected chi connectivity index (χ4v) is 7.90. The molecule has 0 N–H and O–H groups in total. The SMILES string of the molecule is COc1cc(C(Sc2ccccc2)(Sc2ccccc2)[C@@H]2CC(=O)O[C@H]2OC(C)=O)ccc1OCc1ccccc1. The van der Waals surface area contributed by atoms with E-state index in [4.69, 9.17) is 18.9 Å². The van der Waals surface area contributed by atoms with Gasteiger partial charge in [0.15, 0.2) is 11.5 Å². The van der Waals surface area contributed by atoms with E-state index in [0.29, 0.717) is 18.1 Å². The van der Waals surface area contributed by atoms with Gasteiger partial charge >= 0.3 is 11.9 Å². The highest BCUT2D eigenvalue weighted by Crippen LogP contribution is 2.61. The third-order valence-electron chi connectivity index (χ3n) is 6.56. The number of methoxy groups -OCH3 is 1. The number of benzene rings is 4. The number of hydrogen-bond donors (Lipinski definition) is 0. The molecule has 0 amide bonds. The van der Waals surface area contributed by atoms with E-state index in [1.54, 1.807) is 30.6 Å². The summed E-state index contributed by atoms with van der Waals surface area (Å²) in [5.41, 5.74) is 1.91. The Morgan fingerprint density at radius 2 is 1.44 bits per heavy atom. The molecule has 210 valence electrons. The third kappa shape index (κ3) is 6.89. The van der Waals surface area contributed by atoms with Gasteiger partial charge in [0.05, 0.1) is 19.4 Å². The molecule has 5 rings (SSSR count). The van der Waals surface area contributed by atoms with Crippen LogP contribution in [0.15, 0.2) is 119 Å². The van der Waals surface area contributed by atoms with E-state index >= 15 is 0 Å². The lowest BCUT2D eigenvalue weighted by Crippen LogP contribution is -2.37. The fourth-order valence-electron chi connectivity index (χ4n) is 4.69. The van der Waals surface area contributed by atoms with Gasteiger partial charge in [-0.3, -0.25) is 9.59 Å². The highest BCUT2D eigenvalue weighted by atomic mass is 32.2. The highest BCUT2D eigenvalue weighted by Gasteiger charge is 2.54. The summed E-state index contributed by atoms with van der Waals surface area (Å²) >= 11 is 3.19. The van der Waals surface area contributed by atoms with E-state index in [1.807, 2.05) is 109 Å². The number of rotatable bonds is 11. The Bertz CT molecular complexity index is 1420. The molecule has 1 heterocycles. The molecule has 1 aliphatic rings. The fraction of sp³-hybridized carbons (Fsp3) is 0.212. The van der Waals surface area contributed by atoms with E-state index in [9.17, 15) is 9.59 Å². The van der Waals surface area contributed by atoms with E-state index < -0.39 is 28.2 Å². The van der Waals surface area contributed by atoms with E-state index in [0.717, 1.165) is 20.9 Å². The van der Waals surface area contributed by atoms with Crippen molar-refractivity contribution in [2.45, 2.75) is 40.1 Å². The summed E-state index contributed by atoms with van der Waals surface area (Å²) in [5, 5.41) is 0. The highest BCUT2D eigenvalue weighted by molar-refractivity contribution is 8.17. The number of carbonyl (C=O) groups excluding carboxylic acids is 2. The predicted octanol–water partition coefficient (Wildman–Crippen LogP) is 7.46. The first-order chi connectivity index (χ1) is 20.0. The van der Waals surface area contributed by atoms with Crippen LogP contribution in [0, 0.1) is 5.92 Å². The molecule has 8 heteroatoms. The monoisotopic (exact) mass is 586 g/mol. The first-order valence-corrected chi connectivity index (χ1v) is 14.8. The second-order valence-corrected chi connectivity index (χ2v) is 12.3. The Kier molecular flexibility index (Phi) is 9.21. The summed E-state index contributed by atoms with van der Waals surface area (Å²) in [6, 6.07) is 35.7. The van der Waals surface area contributed by atoms with Crippen LogP contribution in [-0.2, 0) is 29.7 Å². The number of carbonyl (C=O) groups is 2. The van der Waals surface area contributed by atoms with E-state index in [1.165, 1.54) is 6.92 Å². The summed E-state index contributed by atoms with van der Waals surface area (Å²) in [7, 11) is 1.61. The summed E-state index contributed by atoms with van der Waals surface area (Å²) in [6.07, 6.45) is -0.973. The second-order valence-electron chi connectivity index (χ2n) is 9.42. The number of cyclic esters (lactones) is 1. The normalized spacial score (nSPS) is 16.6. The van der Waals surface area contributed by atoms with Crippen LogP contribution >= 0.6 is 23.5 Å². The molecule has 0 bridgehead atoms.